The van der Waals surface area contributed by atoms with Crippen LogP contribution in [0.5, 0.6) is 0 Å². The number of hydrogen-bond acceptors (Lipinski definition) is 3. The smallest absolute Gasteiger partial charge is 0.0210 e. The van der Waals surface area contributed by atoms with Gasteiger partial charge in [-0.2, -0.15) is 0 Å². The highest BCUT2D eigenvalue weighted by molar-refractivity contribution is 5.15. The van der Waals surface area contributed by atoms with E-state index in [1.807, 2.05) is 0 Å². The Bertz CT molecular complexity index is 492. The van der Waals surface area contributed by atoms with Crippen molar-refractivity contribution in [3.63, 3.8) is 0 Å². The van der Waals surface area contributed by atoms with Gasteiger partial charge >= 0.3 is 0 Å². The minimum atomic E-state index is 0.530. The van der Waals surface area contributed by atoms with Crippen LogP contribution in [-0.4, -0.2) is 25.2 Å². The molecule has 0 aromatic heterocycles. The maximum absolute atomic E-state index is 3.66. The fourth-order valence-electron chi connectivity index (χ4n) is 2.97. The van der Waals surface area contributed by atoms with E-state index >= 15 is 0 Å². The van der Waals surface area contributed by atoms with Crippen molar-refractivity contribution in [1.29, 1.82) is 0 Å². The van der Waals surface area contributed by atoms with E-state index in [1.165, 1.54) is 17.5 Å². The lowest BCUT2D eigenvalue weighted by molar-refractivity contribution is 0.316. The number of benzene rings is 2. The molecule has 0 unspecified atom stereocenters. The van der Waals surface area contributed by atoms with Crippen molar-refractivity contribution in [3.05, 3.63) is 71.8 Å². The molecule has 0 saturated carbocycles. The van der Waals surface area contributed by atoms with E-state index in [1.54, 1.807) is 0 Å². The van der Waals surface area contributed by atoms with Crippen LogP contribution in [0.2, 0.25) is 0 Å². The van der Waals surface area contributed by atoms with E-state index in [4.69, 9.17) is 0 Å². The van der Waals surface area contributed by atoms with Gasteiger partial charge in [0, 0.05) is 38.3 Å². The van der Waals surface area contributed by atoms with Crippen LogP contribution in [0.1, 0.15) is 17.5 Å². The second-order valence-electron chi connectivity index (χ2n) is 6.02. The summed E-state index contributed by atoms with van der Waals surface area (Å²) in [5.74, 6) is 0. The third-order valence-corrected chi connectivity index (χ3v) is 4.23. The molecule has 3 heteroatoms. The van der Waals surface area contributed by atoms with Crippen molar-refractivity contribution >= 4 is 0 Å². The Morgan fingerprint density at radius 1 is 0.727 bits per heavy atom. The fraction of sp³-hybridized carbons (Fsp3) is 0.368. The Kier molecular flexibility index (Phi) is 5.59. The van der Waals surface area contributed by atoms with Crippen molar-refractivity contribution in [3.8, 4) is 0 Å². The normalized spacial score (nSPS) is 21.6. The fourth-order valence-corrected chi connectivity index (χ4v) is 2.97. The van der Waals surface area contributed by atoms with Crippen LogP contribution in [-0.2, 0) is 13.1 Å². The minimum absolute atomic E-state index is 0.530. The van der Waals surface area contributed by atoms with Crippen LogP contribution in [0, 0.1) is 0 Å². The zero-order valence-corrected chi connectivity index (χ0v) is 13.0. The first-order valence-electron chi connectivity index (χ1n) is 8.15. The number of piperidine rings is 1. The molecule has 3 N–H and O–H groups in total. The molecule has 2 aromatic carbocycles. The van der Waals surface area contributed by atoms with Gasteiger partial charge in [0.1, 0.15) is 0 Å². The summed E-state index contributed by atoms with van der Waals surface area (Å²) in [5.41, 5.74) is 2.70. The summed E-state index contributed by atoms with van der Waals surface area (Å²) in [6, 6.07) is 22.3. The first-order valence-corrected chi connectivity index (χ1v) is 8.15. The topological polar surface area (TPSA) is 36.1 Å². The second kappa shape index (κ2) is 8.08. The van der Waals surface area contributed by atoms with E-state index in [9.17, 15) is 0 Å². The third-order valence-electron chi connectivity index (χ3n) is 4.23. The van der Waals surface area contributed by atoms with Gasteiger partial charge in [-0.1, -0.05) is 60.7 Å². The van der Waals surface area contributed by atoms with Gasteiger partial charge in [-0.15, -0.1) is 0 Å². The van der Waals surface area contributed by atoms with Crippen molar-refractivity contribution in [2.45, 2.75) is 31.6 Å². The van der Waals surface area contributed by atoms with Crippen LogP contribution in [0.25, 0.3) is 0 Å². The zero-order chi connectivity index (χ0) is 15.0. The lowest BCUT2D eigenvalue weighted by Crippen LogP contribution is -2.53. The van der Waals surface area contributed by atoms with Crippen LogP contribution in [0.4, 0.5) is 0 Å². The van der Waals surface area contributed by atoms with Crippen LogP contribution < -0.4 is 16.0 Å². The molecule has 0 spiro atoms. The predicted molar refractivity (Wildman–Crippen MR) is 91.6 cm³/mol. The summed E-state index contributed by atoms with van der Waals surface area (Å²) in [4.78, 5) is 0. The van der Waals surface area contributed by atoms with Gasteiger partial charge < -0.3 is 16.0 Å². The summed E-state index contributed by atoms with van der Waals surface area (Å²) in [5, 5.41) is 10.9. The summed E-state index contributed by atoms with van der Waals surface area (Å²) >= 11 is 0. The molecular weight excluding hydrogens is 270 g/mol. The van der Waals surface area contributed by atoms with Crippen molar-refractivity contribution in [2.75, 3.05) is 13.1 Å². The van der Waals surface area contributed by atoms with Gasteiger partial charge in [0.25, 0.3) is 0 Å². The Labute approximate surface area is 133 Å². The molecule has 1 aliphatic heterocycles. The second-order valence-corrected chi connectivity index (χ2v) is 6.02. The average molecular weight is 295 g/mol. The molecule has 1 aliphatic rings. The maximum atomic E-state index is 3.66. The van der Waals surface area contributed by atoms with Gasteiger partial charge in [-0.25, -0.2) is 0 Å². The monoisotopic (exact) mass is 295 g/mol. The summed E-state index contributed by atoms with van der Waals surface area (Å²) < 4.78 is 0. The lowest BCUT2D eigenvalue weighted by atomic mass is 10.0. The predicted octanol–water partition coefficient (Wildman–Crippen LogP) is 2.30. The SMILES string of the molecule is c1ccc(CN[C@@H]2CNC[C@H](NCc3ccccc3)C2)cc1. The molecule has 0 aliphatic carbocycles. The first kappa shape index (κ1) is 15.2. The number of rotatable bonds is 6. The Morgan fingerprint density at radius 2 is 1.18 bits per heavy atom. The summed E-state index contributed by atoms with van der Waals surface area (Å²) in [6.07, 6.45) is 1.17. The zero-order valence-electron chi connectivity index (χ0n) is 13.0. The molecule has 1 fully saturated rings. The Hall–Kier alpha value is -1.68. The Balaban J connectivity index is 1.43. The highest BCUT2D eigenvalue weighted by Gasteiger charge is 2.20. The van der Waals surface area contributed by atoms with Gasteiger partial charge in [0.05, 0.1) is 0 Å². The molecule has 3 rings (SSSR count). The maximum Gasteiger partial charge on any atom is 0.0210 e. The molecule has 0 amide bonds. The first-order chi connectivity index (χ1) is 10.9. The van der Waals surface area contributed by atoms with Crippen molar-refractivity contribution in [2.24, 2.45) is 0 Å². The molecule has 0 radical (unpaired) electrons. The molecule has 2 aromatic rings. The molecule has 116 valence electrons. The minimum Gasteiger partial charge on any atom is -0.314 e. The van der Waals surface area contributed by atoms with Crippen LogP contribution in [0.15, 0.2) is 60.7 Å². The number of nitrogens with one attached hydrogen (secondary N) is 3. The molecular formula is C19H25N3. The quantitative estimate of drug-likeness (QED) is 0.765. The van der Waals surface area contributed by atoms with E-state index in [0.717, 1.165) is 26.2 Å². The van der Waals surface area contributed by atoms with Crippen LogP contribution in [0.3, 0.4) is 0 Å². The van der Waals surface area contributed by atoms with E-state index in [2.05, 4.69) is 76.6 Å². The van der Waals surface area contributed by atoms with Gasteiger partial charge in [-0.3, -0.25) is 0 Å². The third kappa shape index (κ3) is 4.67. The highest BCUT2D eigenvalue weighted by Crippen LogP contribution is 2.07. The van der Waals surface area contributed by atoms with Crippen molar-refractivity contribution < 1.29 is 0 Å². The molecule has 22 heavy (non-hydrogen) atoms. The van der Waals surface area contributed by atoms with Gasteiger partial charge in [0.15, 0.2) is 0 Å². The van der Waals surface area contributed by atoms with Gasteiger partial charge in [-0.05, 0) is 17.5 Å². The van der Waals surface area contributed by atoms with E-state index in [-0.39, 0.29) is 0 Å². The van der Waals surface area contributed by atoms with Crippen LogP contribution >= 0.6 is 0 Å². The summed E-state index contributed by atoms with van der Waals surface area (Å²) in [6.45, 7) is 3.99. The largest absolute Gasteiger partial charge is 0.314 e. The molecule has 0 bridgehead atoms. The lowest BCUT2D eigenvalue weighted by Gasteiger charge is -2.31. The van der Waals surface area contributed by atoms with Crippen molar-refractivity contribution in [1.82, 2.24) is 16.0 Å². The summed E-state index contributed by atoms with van der Waals surface area (Å²) in [7, 11) is 0. The average Bonchev–Trinajstić information content (AvgIpc) is 2.60. The number of hydrogen-bond donors (Lipinski definition) is 3. The Morgan fingerprint density at radius 3 is 1.64 bits per heavy atom. The van der Waals surface area contributed by atoms with E-state index < -0.39 is 0 Å². The standard InChI is InChI=1S/C19H25N3/c1-3-7-16(8-4-1)12-21-18-11-19(15-20-14-18)22-13-17-9-5-2-6-10-17/h1-10,18-22H,11-15H2/t18-,19+. The molecule has 2 atom stereocenters. The highest BCUT2D eigenvalue weighted by atomic mass is 15.1. The molecule has 1 saturated heterocycles. The van der Waals surface area contributed by atoms with E-state index in [0.29, 0.717) is 12.1 Å². The van der Waals surface area contributed by atoms with Gasteiger partial charge in [0.2, 0.25) is 0 Å². The molecule has 1 heterocycles. The molecule has 3 nitrogen and oxygen atoms in total.